The summed E-state index contributed by atoms with van der Waals surface area (Å²) < 4.78 is 5.71. The van der Waals surface area contributed by atoms with Crippen molar-refractivity contribution in [2.75, 3.05) is 26.7 Å². The van der Waals surface area contributed by atoms with Crippen molar-refractivity contribution >= 4 is 5.91 Å². The predicted octanol–water partition coefficient (Wildman–Crippen LogP) is 2.22. The highest BCUT2D eigenvalue weighted by Gasteiger charge is 2.24. The number of nitrogens with one attached hydrogen (secondary N) is 1. The van der Waals surface area contributed by atoms with Gasteiger partial charge in [0.25, 0.3) is 0 Å². The lowest BCUT2D eigenvalue weighted by Gasteiger charge is -2.29. The third-order valence-corrected chi connectivity index (χ3v) is 3.90. The van der Waals surface area contributed by atoms with E-state index in [0.717, 1.165) is 31.7 Å². The molecule has 116 valence electrons. The number of hydrogen-bond donors (Lipinski definition) is 1. The van der Waals surface area contributed by atoms with Crippen LogP contribution in [-0.4, -0.2) is 43.6 Å². The fraction of sp³-hybridized carbons (Fsp3) is 0.588. The Balaban J connectivity index is 1.74. The minimum Gasteiger partial charge on any atom is -0.491 e. The Labute approximate surface area is 127 Å². The van der Waals surface area contributed by atoms with Crippen molar-refractivity contribution < 1.29 is 9.53 Å². The number of amides is 1. The van der Waals surface area contributed by atoms with E-state index in [9.17, 15) is 4.79 Å². The molecule has 1 aromatic carbocycles. The molecule has 1 saturated heterocycles. The van der Waals surface area contributed by atoms with Gasteiger partial charge in [-0.2, -0.15) is 0 Å². The highest BCUT2D eigenvalue weighted by atomic mass is 16.5. The van der Waals surface area contributed by atoms with Crippen LogP contribution in [0.1, 0.15) is 25.3 Å². The summed E-state index contributed by atoms with van der Waals surface area (Å²) in [6.45, 7) is 6.48. The molecule has 1 aromatic rings. The fourth-order valence-electron chi connectivity index (χ4n) is 2.64. The predicted molar refractivity (Wildman–Crippen MR) is 84.5 cm³/mol. The van der Waals surface area contributed by atoms with Crippen molar-refractivity contribution in [3.63, 3.8) is 0 Å². The second kappa shape index (κ2) is 7.46. The minimum absolute atomic E-state index is 0.0195. The second-order valence-electron chi connectivity index (χ2n) is 6.14. The van der Waals surface area contributed by atoms with Gasteiger partial charge in [-0.15, -0.1) is 0 Å². The SMILES string of the molecule is Cc1ccc(OC[C@@H](C)NC(=O)[C@H]2CCCN(C)C2)cc1. The van der Waals surface area contributed by atoms with Gasteiger partial charge in [-0.3, -0.25) is 4.79 Å². The Kier molecular flexibility index (Phi) is 5.62. The lowest BCUT2D eigenvalue weighted by Crippen LogP contribution is -2.45. The molecule has 2 rings (SSSR count). The maximum Gasteiger partial charge on any atom is 0.224 e. The molecule has 0 aliphatic carbocycles. The molecule has 0 spiro atoms. The van der Waals surface area contributed by atoms with Gasteiger partial charge in [-0.1, -0.05) is 17.7 Å². The van der Waals surface area contributed by atoms with Gasteiger partial charge in [0, 0.05) is 6.54 Å². The van der Waals surface area contributed by atoms with E-state index >= 15 is 0 Å². The molecule has 0 unspecified atom stereocenters. The molecule has 2 atom stereocenters. The molecule has 1 aliphatic heterocycles. The van der Waals surface area contributed by atoms with E-state index in [0.29, 0.717) is 6.61 Å². The number of piperidine rings is 1. The number of carbonyl (C=O) groups excluding carboxylic acids is 1. The lowest BCUT2D eigenvalue weighted by atomic mass is 9.97. The van der Waals surface area contributed by atoms with E-state index in [-0.39, 0.29) is 17.9 Å². The number of benzene rings is 1. The van der Waals surface area contributed by atoms with Gasteiger partial charge in [0.2, 0.25) is 5.91 Å². The molecule has 0 aromatic heterocycles. The smallest absolute Gasteiger partial charge is 0.224 e. The summed E-state index contributed by atoms with van der Waals surface area (Å²) in [6, 6.07) is 7.98. The Morgan fingerprint density at radius 1 is 1.43 bits per heavy atom. The monoisotopic (exact) mass is 290 g/mol. The molecule has 21 heavy (non-hydrogen) atoms. The van der Waals surface area contributed by atoms with Gasteiger partial charge in [0.15, 0.2) is 0 Å². The first-order valence-electron chi connectivity index (χ1n) is 7.73. The summed E-state index contributed by atoms with van der Waals surface area (Å²) in [4.78, 5) is 14.4. The van der Waals surface area contributed by atoms with Crippen LogP contribution in [0.4, 0.5) is 0 Å². The topological polar surface area (TPSA) is 41.6 Å². The highest BCUT2D eigenvalue weighted by molar-refractivity contribution is 5.79. The molecular formula is C17H26N2O2. The zero-order valence-electron chi connectivity index (χ0n) is 13.3. The Hall–Kier alpha value is -1.55. The zero-order chi connectivity index (χ0) is 15.2. The molecular weight excluding hydrogens is 264 g/mol. The summed E-state index contributed by atoms with van der Waals surface area (Å²) in [5.41, 5.74) is 1.21. The first-order chi connectivity index (χ1) is 10.0. The molecule has 0 saturated carbocycles. The zero-order valence-corrected chi connectivity index (χ0v) is 13.3. The van der Waals surface area contributed by atoms with Crippen LogP contribution in [-0.2, 0) is 4.79 Å². The van der Waals surface area contributed by atoms with E-state index in [4.69, 9.17) is 4.74 Å². The van der Waals surface area contributed by atoms with Gasteiger partial charge in [-0.05, 0) is 52.4 Å². The van der Waals surface area contributed by atoms with E-state index in [1.807, 2.05) is 38.1 Å². The maximum atomic E-state index is 12.2. The lowest BCUT2D eigenvalue weighted by molar-refractivity contribution is -0.127. The normalized spacial score (nSPS) is 20.8. The highest BCUT2D eigenvalue weighted by Crippen LogP contribution is 2.15. The van der Waals surface area contributed by atoms with Crippen molar-refractivity contribution in [1.29, 1.82) is 0 Å². The van der Waals surface area contributed by atoms with Crippen molar-refractivity contribution in [3.05, 3.63) is 29.8 Å². The molecule has 4 heteroatoms. The molecule has 1 aliphatic rings. The third kappa shape index (κ3) is 5.05. The largest absolute Gasteiger partial charge is 0.491 e. The van der Waals surface area contributed by atoms with Gasteiger partial charge >= 0.3 is 0 Å². The van der Waals surface area contributed by atoms with Crippen molar-refractivity contribution in [1.82, 2.24) is 10.2 Å². The average molecular weight is 290 g/mol. The maximum absolute atomic E-state index is 12.2. The molecule has 1 heterocycles. The van der Waals surface area contributed by atoms with Crippen LogP contribution in [0.15, 0.2) is 24.3 Å². The van der Waals surface area contributed by atoms with Crippen LogP contribution < -0.4 is 10.1 Å². The van der Waals surface area contributed by atoms with Gasteiger partial charge < -0.3 is 15.0 Å². The van der Waals surface area contributed by atoms with Crippen molar-refractivity contribution in [2.24, 2.45) is 5.92 Å². The summed E-state index contributed by atoms with van der Waals surface area (Å²) in [6.07, 6.45) is 2.09. The van der Waals surface area contributed by atoms with E-state index in [1.165, 1.54) is 5.56 Å². The molecule has 4 nitrogen and oxygen atoms in total. The first kappa shape index (κ1) is 15.8. The summed E-state index contributed by atoms with van der Waals surface area (Å²) in [7, 11) is 2.07. The number of carbonyl (C=O) groups is 1. The quantitative estimate of drug-likeness (QED) is 0.904. The van der Waals surface area contributed by atoms with Crippen LogP contribution in [0.25, 0.3) is 0 Å². The van der Waals surface area contributed by atoms with Crippen LogP contribution in [0.5, 0.6) is 5.75 Å². The van der Waals surface area contributed by atoms with Crippen LogP contribution in [0.2, 0.25) is 0 Å². The summed E-state index contributed by atoms with van der Waals surface area (Å²) >= 11 is 0. The number of nitrogens with zero attached hydrogens (tertiary/aromatic N) is 1. The number of rotatable bonds is 5. The van der Waals surface area contributed by atoms with Crippen LogP contribution >= 0.6 is 0 Å². The minimum atomic E-state index is 0.0195. The Morgan fingerprint density at radius 2 is 2.14 bits per heavy atom. The van der Waals surface area contributed by atoms with Gasteiger partial charge in [0.05, 0.1) is 12.0 Å². The first-order valence-corrected chi connectivity index (χ1v) is 7.73. The van der Waals surface area contributed by atoms with E-state index < -0.39 is 0 Å². The van der Waals surface area contributed by atoms with Gasteiger partial charge in [-0.25, -0.2) is 0 Å². The molecule has 1 N–H and O–H groups in total. The van der Waals surface area contributed by atoms with E-state index in [1.54, 1.807) is 0 Å². The number of likely N-dealkylation sites (tertiary alicyclic amines) is 1. The molecule has 1 amide bonds. The third-order valence-electron chi connectivity index (χ3n) is 3.90. The van der Waals surface area contributed by atoms with E-state index in [2.05, 4.69) is 17.3 Å². The van der Waals surface area contributed by atoms with Crippen LogP contribution in [0.3, 0.4) is 0 Å². The summed E-state index contributed by atoms with van der Waals surface area (Å²) in [5.74, 6) is 1.12. The molecule has 0 radical (unpaired) electrons. The van der Waals surface area contributed by atoms with Gasteiger partial charge in [0.1, 0.15) is 12.4 Å². The average Bonchev–Trinajstić information content (AvgIpc) is 2.46. The molecule has 1 fully saturated rings. The Morgan fingerprint density at radius 3 is 2.81 bits per heavy atom. The molecule has 0 bridgehead atoms. The number of hydrogen-bond acceptors (Lipinski definition) is 3. The Bertz CT molecular complexity index is 458. The summed E-state index contributed by atoms with van der Waals surface area (Å²) in [5, 5.41) is 3.06. The second-order valence-corrected chi connectivity index (χ2v) is 6.14. The van der Waals surface area contributed by atoms with Crippen LogP contribution in [0, 0.1) is 12.8 Å². The number of aryl methyl sites for hydroxylation is 1. The standard InChI is InChI=1S/C17H26N2O2/c1-13-6-8-16(9-7-13)21-12-14(2)18-17(20)15-5-4-10-19(3)11-15/h6-9,14-15H,4-5,10-12H2,1-3H3,(H,18,20)/t14-,15+/m1/s1. The fourth-order valence-corrected chi connectivity index (χ4v) is 2.64. The van der Waals surface area contributed by atoms with Crippen molar-refractivity contribution in [3.8, 4) is 5.75 Å². The number of ether oxygens (including phenoxy) is 1. The van der Waals surface area contributed by atoms with Crippen molar-refractivity contribution in [2.45, 2.75) is 32.7 Å².